The number of nitrogens with zero attached hydrogens (tertiary/aromatic N) is 4. The van der Waals surface area contributed by atoms with Crippen LogP contribution in [-0.4, -0.2) is 45.3 Å². The largest absolute Gasteiger partial charge is 0.346 e. The summed E-state index contributed by atoms with van der Waals surface area (Å²) in [6, 6.07) is 7.79. The second-order valence-electron chi connectivity index (χ2n) is 7.11. The Morgan fingerprint density at radius 3 is 2.79 bits per heavy atom. The van der Waals surface area contributed by atoms with Crippen LogP contribution in [0.15, 0.2) is 30.5 Å². The van der Waals surface area contributed by atoms with Gasteiger partial charge in [-0.25, -0.2) is 4.79 Å². The van der Waals surface area contributed by atoms with Crippen molar-refractivity contribution >= 4 is 39.1 Å². The minimum Gasteiger partial charge on any atom is -0.346 e. The second kappa shape index (κ2) is 8.28. The Labute approximate surface area is 168 Å². The lowest BCUT2D eigenvalue weighted by Crippen LogP contribution is -2.26. The fraction of sp³-hybridized carbons (Fsp3) is 0.450. The number of anilines is 2. The molecular weight excluding hydrogens is 372 g/mol. The predicted octanol–water partition coefficient (Wildman–Crippen LogP) is 4.36. The Hall–Kier alpha value is -2.45. The van der Waals surface area contributed by atoms with Crippen LogP contribution in [0.1, 0.15) is 37.6 Å². The number of aromatic nitrogens is 3. The number of hydrogen-bond acceptors (Lipinski definition) is 5. The Morgan fingerprint density at radius 1 is 1.21 bits per heavy atom. The first kappa shape index (κ1) is 18.9. The number of nitrogens with one attached hydrogen (secondary N) is 2. The van der Waals surface area contributed by atoms with Crippen LogP contribution in [0, 0.1) is 0 Å². The molecule has 8 heteroatoms. The molecule has 2 amide bonds. The topological polar surface area (TPSA) is 75.1 Å². The maximum atomic E-state index is 12.3. The van der Waals surface area contributed by atoms with E-state index in [-0.39, 0.29) is 6.03 Å². The minimum absolute atomic E-state index is 0.293. The van der Waals surface area contributed by atoms with Gasteiger partial charge >= 0.3 is 6.03 Å². The van der Waals surface area contributed by atoms with E-state index in [0.717, 1.165) is 42.3 Å². The monoisotopic (exact) mass is 398 g/mol. The van der Waals surface area contributed by atoms with Gasteiger partial charge in [0.2, 0.25) is 5.13 Å². The van der Waals surface area contributed by atoms with Gasteiger partial charge in [0.25, 0.3) is 0 Å². The minimum atomic E-state index is -0.293. The summed E-state index contributed by atoms with van der Waals surface area (Å²) in [5.74, 6) is 0.546. The van der Waals surface area contributed by atoms with Crippen LogP contribution in [0.3, 0.4) is 0 Å². The van der Waals surface area contributed by atoms with Crippen molar-refractivity contribution in [2.24, 2.45) is 0 Å². The maximum Gasteiger partial charge on any atom is 0.325 e. The van der Waals surface area contributed by atoms with E-state index in [1.807, 2.05) is 12.1 Å². The van der Waals surface area contributed by atoms with Gasteiger partial charge in [-0.15, -0.1) is 10.2 Å². The Balaban J connectivity index is 1.37. The molecule has 1 aliphatic carbocycles. The molecule has 0 atom stereocenters. The number of urea groups is 1. The van der Waals surface area contributed by atoms with Gasteiger partial charge in [-0.05, 0) is 50.2 Å². The number of rotatable bonds is 8. The summed E-state index contributed by atoms with van der Waals surface area (Å²) in [6.07, 6.45) is 4.46. The number of likely N-dealkylation sites (N-methyl/N-ethyl adjacent to an activating group) is 1. The van der Waals surface area contributed by atoms with Crippen LogP contribution in [0.2, 0.25) is 0 Å². The molecule has 2 N–H and O–H groups in total. The summed E-state index contributed by atoms with van der Waals surface area (Å²) in [7, 11) is 0. The van der Waals surface area contributed by atoms with Crippen molar-refractivity contribution in [3.8, 4) is 0 Å². The highest BCUT2D eigenvalue weighted by molar-refractivity contribution is 7.15. The zero-order chi connectivity index (χ0) is 19.5. The molecule has 4 rings (SSSR count). The summed E-state index contributed by atoms with van der Waals surface area (Å²) in [4.78, 5) is 14.7. The van der Waals surface area contributed by atoms with Crippen molar-refractivity contribution in [1.29, 1.82) is 0 Å². The Morgan fingerprint density at radius 2 is 2.04 bits per heavy atom. The number of hydrogen-bond donors (Lipinski definition) is 2. The van der Waals surface area contributed by atoms with Crippen LogP contribution in [0.4, 0.5) is 15.6 Å². The molecule has 1 saturated carbocycles. The SMILES string of the molecule is CCN(CC)CCn1ccc2cc(NC(=O)Nc3nnc(C4CC4)s3)ccc21. The smallest absolute Gasteiger partial charge is 0.325 e. The quantitative estimate of drug-likeness (QED) is 0.591. The van der Waals surface area contributed by atoms with Gasteiger partial charge < -0.3 is 14.8 Å². The number of carbonyl (C=O) groups is 1. The predicted molar refractivity (Wildman–Crippen MR) is 114 cm³/mol. The fourth-order valence-corrected chi connectivity index (χ4v) is 4.21. The van der Waals surface area contributed by atoms with Gasteiger partial charge in [-0.2, -0.15) is 0 Å². The molecule has 1 fully saturated rings. The van der Waals surface area contributed by atoms with Crippen molar-refractivity contribution in [1.82, 2.24) is 19.7 Å². The lowest BCUT2D eigenvalue weighted by Gasteiger charge is -2.18. The molecule has 1 aliphatic rings. The zero-order valence-electron chi connectivity index (χ0n) is 16.3. The Bertz CT molecular complexity index is 957. The van der Waals surface area contributed by atoms with Crippen molar-refractivity contribution < 1.29 is 4.79 Å². The average molecular weight is 399 g/mol. The molecular formula is C20H26N6OS. The van der Waals surface area contributed by atoms with Crippen LogP contribution >= 0.6 is 11.3 Å². The number of fused-ring (bicyclic) bond motifs is 1. The molecule has 1 aromatic carbocycles. The van der Waals surface area contributed by atoms with Crippen LogP contribution in [0.25, 0.3) is 10.9 Å². The van der Waals surface area contributed by atoms with E-state index >= 15 is 0 Å². The molecule has 3 aromatic rings. The standard InChI is InChI=1S/C20H26N6OS/c1-3-25(4-2)11-12-26-10-9-15-13-16(7-8-17(15)26)21-19(27)22-20-24-23-18(28-20)14-5-6-14/h7-10,13-14H,3-6,11-12H2,1-2H3,(H2,21,22,24,27). The molecule has 2 aromatic heterocycles. The van der Waals surface area contributed by atoms with Crippen molar-refractivity contribution in [2.45, 2.75) is 39.2 Å². The number of benzene rings is 1. The third-order valence-corrected chi connectivity index (χ3v) is 6.17. The van der Waals surface area contributed by atoms with Gasteiger partial charge in [0.05, 0.1) is 0 Å². The summed E-state index contributed by atoms with van der Waals surface area (Å²) < 4.78 is 2.26. The molecule has 0 unspecified atom stereocenters. The van der Waals surface area contributed by atoms with Gasteiger partial charge in [0.1, 0.15) is 5.01 Å². The average Bonchev–Trinajstić information content (AvgIpc) is 3.32. The summed E-state index contributed by atoms with van der Waals surface area (Å²) in [5, 5.41) is 16.5. The van der Waals surface area contributed by atoms with E-state index in [0.29, 0.717) is 11.0 Å². The first-order valence-electron chi connectivity index (χ1n) is 9.89. The zero-order valence-corrected chi connectivity index (χ0v) is 17.1. The first-order chi connectivity index (χ1) is 13.7. The van der Waals surface area contributed by atoms with E-state index in [2.05, 4.69) is 62.5 Å². The molecule has 0 spiro atoms. The molecule has 2 heterocycles. The van der Waals surface area contributed by atoms with Crippen molar-refractivity contribution in [2.75, 3.05) is 30.3 Å². The van der Waals surface area contributed by atoms with E-state index < -0.39 is 0 Å². The highest BCUT2D eigenvalue weighted by Gasteiger charge is 2.27. The lowest BCUT2D eigenvalue weighted by atomic mass is 10.2. The van der Waals surface area contributed by atoms with Crippen LogP contribution in [0.5, 0.6) is 0 Å². The summed E-state index contributed by atoms with van der Waals surface area (Å²) in [5.41, 5.74) is 1.94. The number of carbonyl (C=O) groups excluding carboxylic acids is 1. The van der Waals surface area contributed by atoms with Crippen molar-refractivity contribution in [3.63, 3.8) is 0 Å². The molecule has 0 aliphatic heterocycles. The van der Waals surface area contributed by atoms with Gasteiger partial charge in [-0.1, -0.05) is 25.2 Å². The maximum absolute atomic E-state index is 12.3. The van der Waals surface area contributed by atoms with E-state index in [9.17, 15) is 4.79 Å². The van der Waals surface area contributed by atoms with Gasteiger partial charge in [0, 0.05) is 41.8 Å². The van der Waals surface area contributed by atoms with Crippen LogP contribution in [-0.2, 0) is 6.54 Å². The third-order valence-electron chi connectivity index (χ3n) is 5.17. The summed E-state index contributed by atoms with van der Waals surface area (Å²) >= 11 is 1.46. The summed E-state index contributed by atoms with van der Waals surface area (Å²) in [6.45, 7) is 8.50. The molecule has 0 bridgehead atoms. The molecule has 0 radical (unpaired) electrons. The molecule has 28 heavy (non-hydrogen) atoms. The molecule has 0 saturated heterocycles. The highest BCUT2D eigenvalue weighted by Crippen LogP contribution is 2.42. The molecule has 7 nitrogen and oxygen atoms in total. The van der Waals surface area contributed by atoms with Gasteiger partial charge in [-0.3, -0.25) is 5.32 Å². The first-order valence-corrected chi connectivity index (χ1v) is 10.7. The van der Waals surface area contributed by atoms with E-state index in [1.54, 1.807) is 0 Å². The van der Waals surface area contributed by atoms with Crippen LogP contribution < -0.4 is 10.6 Å². The van der Waals surface area contributed by atoms with E-state index in [1.165, 1.54) is 29.7 Å². The third kappa shape index (κ3) is 4.34. The normalized spacial score (nSPS) is 14.0. The lowest BCUT2D eigenvalue weighted by molar-refractivity contribution is 0.262. The molecule has 148 valence electrons. The van der Waals surface area contributed by atoms with Gasteiger partial charge in [0.15, 0.2) is 0 Å². The Kier molecular flexibility index (Phi) is 5.59. The second-order valence-corrected chi connectivity index (χ2v) is 8.12. The highest BCUT2D eigenvalue weighted by atomic mass is 32.1. The van der Waals surface area contributed by atoms with E-state index in [4.69, 9.17) is 0 Å². The van der Waals surface area contributed by atoms with Crippen molar-refractivity contribution in [3.05, 3.63) is 35.5 Å². The fourth-order valence-electron chi connectivity index (χ4n) is 3.30. The number of amides is 2.